The molecule has 34 heavy (non-hydrogen) atoms. The van der Waals surface area contributed by atoms with Gasteiger partial charge in [-0.3, -0.25) is 4.79 Å². The predicted octanol–water partition coefficient (Wildman–Crippen LogP) is 1.09. The summed E-state index contributed by atoms with van der Waals surface area (Å²) >= 11 is 0. The smallest absolute Gasteiger partial charge is 0.238 e. The number of aliphatic hydroxyl groups is 3. The fourth-order valence-corrected chi connectivity index (χ4v) is 3.76. The van der Waals surface area contributed by atoms with Gasteiger partial charge in [-0.05, 0) is 31.2 Å². The highest BCUT2D eigenvalue weighted by molar-refractivity contribution is 5.91. The van der Waals surface area contributed by atoms with Crippen LogP contribution in [0.15, 0.2) is 39.5 Å². The maximum Gasteiger partial charge on any atom is 0.238 e. The molecule has 1 aliphatic heterocycles. The first-order valence-electron chi connectivity index (χ1n) is 10.3. The van der Waals surface area contributed by atoms with Crippen molar-refractivity contribution in [1.29, 1.82) is 0 Å². The van der Waals surface area contributed by atoms with Gasteiger partial charge in [-0.15, -0.1) is 0 Å². The average Bonchev–Trinajstić information content (AvgIpc) is 2.83. The summed E-state index contributed by atoms with van der Waals surface area (Å²) < 4.78 is 27.8. The second-order valence-electron chi connectivity index (χ2n) is 7.77. The number of aliphatic hydroxyl groups excluding tert-OH is 3. The van der Waals surface area contributed by atoms with Gasteiger partial charge in [0.05, 0.1) is 20.3 Å². The van der Waals surface area contributed by atoms with Gasteiger partial charge in [0.15, 0.2) is 17.3 Å². The molecule has 5 unspecified atom stereocenters. The number of hydrogen-bond donors (Lipinski definition) is 5. The second kappa shape index (κ2) is 9.03. The van der Waals surface area contributed by atoms with Crippen molar-refractivity contribution in [2.45, 2.75) is 37.6 Å². The van der Waals surface area contributed by atoms with E-state index >= 15 is 0 Å². The summed E-state index contributed by atoms with van der Waals surface area (Å²) in [5.41, 5.74) is -0.597. The third-order valence-electron chi connectivity index (χ3n) is 5.63. The van der Waals surface area contributed by atoms with E-state index in [4.69, 9.17) is 23.4 Å². The highest BCUT2D eigenvalue weighted by atomic mass is 16.7. The van der Waals surface area contributed by atoms with Crippen molar-refractivity contribution < 1.29 is 48.9 Å². The molecular formula is C23H24O11. The fraction of sp³-hybridized carbons (Fsp3) is 0.348. The van der Waals surface area contributed by atoms with Crippen molar-refractivity contribution in [2.75, 3.05) is 14.2 Å². The van der Waals surface area contributed by atoms with Gasteiger partial charge in [0.25, 0.3) is 0 Å². The van der Waals surface area contributed by atoms with Crippen molar-refractivity contribution in [2.24, 2.45) is 0 Å². The second-order valence-corrected chi connectivity index (χ2v) is 7.77. The molecule has 4 rings (SSSR count). The number of fused-ring (bicyclic) bond motifs is 1. The van der Waals surface area contributed by atoms with Gasteiger partial charge in [-0.1, -0.05) is 0 Å². The lowest BCUT2D eigenvalue weighted by atomic mass is 10.00. The van der Waals surface area contributed by atoms with Crippen LogP contribution in [0.3, 0.4) is 0 Å². The maximum atomic E-state index is 13.3. The molecule has 5 N–H and O–H groups in total. The van der Waals surface area contributed by atoms with Crippen LogP contribution in [0.25, 0.3) is 22.3 Å². The van der Waals surface area contributed by atoms with Crippen molar-refractivity contribution in [3.8, 4) is 40.1 Å². The van der Waals surface area contributed by atoms with E-state index in [9.17, 15) is 30.3 Å². The van der Waals surface area contributed by atoms with Crippen molar-refractivity contribution >= 4 is 11.0 Å². The number of rotatable bonds is 5. The summed E-state index contributed by atoms with van der Waals surface area (Å²) in [5.74, 6) is -1.11. The van der Waals surface area contributed by atoms with Crippen molar-refractivity contribution in [3.63, 3.8) is 0 Å². The zero-order valence-corrected chi connectivity index (χ0v) is 18.5. The highest BCUT2D eigenvalue weighted by Gasteiger charge is 2.44. The van der Waals surface area contributed by atoms with E-state index < -0.39 is 41.9 Å². The van der Waals surface area contributed by atoms with Gasteiger partial charge in [-0.25, -0.2) is 0 Å². The molecule has 1 fully saturated rings. The number of benzene rings is 2. The molecule has 0 aliphatic carbocycles. The average molecular weight is 476 g/mol. The number of phenols is 1. The molecule has 3 aromatic rings. The van der Waals surface area contributed by atoms with E-state index in [1.54, 1.807) is 0 Å². The Kier molecular flexibility index (Phi) is 6.28. The molecule has 0 amide bonds. The summed E-state index contributed by atoms with van der Waals surface area (Å²) in [6.45, 7) is 1.47. The first-order chi connectivity index (χ1) is 16.2. The maximum absolute atomic E-state index is 13.3. The largest absolute Gasteiger partial charge is 0.508 e. The van der Waals surface area contributed by atoms with E-state index in [0.717, 1.165) is 0 Å². The molecule has 11 nitrogen and oxygen atoms in total. The highest BCUT2D eigenvalue weighted by Crippen LogP contribution is 2.45. The Morgan fingerprint density at radius 3 is 2.21 bits per heavy atom. The molecule has 0 spiro atoms. The van der Waals surface area contributed by atoms with Crippen LogP contribution in [0.2, 0.25) is 0 Å². The minimum Gasteiger partial charge on any atom is -0.508 e. The predicted molar refractivity (Wildman–Crippen MR) is 117 cm³/mol. The number of hydrogen-bond acceptors (Lipinski definition) is 11. The molecular weight excluding hydrogens is 452 g/mol. The quantitative estimate of drug-likeness (QED) is 0.357. The minimum absolute atomic E-state index is 0.0129. The molecule has 0 radical (unpaired) electrons. The number of aromatic hydroxyl groups is 2. The zero-order valence-electron chi connectivity index (χ0n) is 18.5. The molecule has 0 saturated carbocycles. The lowest BCUT2D eigenvalue weighted by Crippen LogP contribution is -2.58. The summed E-state index contributed by atoms with van der Waals surface area (Å²) in [6.07, 6.45) is -7.02. The number of ether oxygens (including phenoxy) is 4. The standard InChI is InChI=1S/C23H24O11/c1-9-15(25)17(27)19(29)23(32-9)34-22-14-12(8-13(30-2)21(22)31-3)33-20(18(28)16(14)26)10-4-6-11(24)7-5-10/h4-9,15,17,19,23-25,27-29H,1-3H3. The van der Waals surface area contributed by atoms with Crippen LogP contribution in [0.5, 0.6) is 28.7 Å². The lowest BCUT2D eigenvalue weighted by Gasteiger charge is -2.39. The van der Waals surface area contributed by atoms with Crippen LogP contribution in [-0.4, -0.2) is 70.5 Å². The van der Waals surface area contributed by atoms with E-state index in [1.807, 2.05) is 0 Å². The Labute approximate surface area is 192 Å². The minimum atomic E-state index is -1.67. The Morgan fingerprint density at radius 2 is 1.59 bits per heavy atom. The molecule has 182 valence electrons. The van der Waals surface area contributed by atoms with Gasteiger partial charge >= 0.3 is 0 Å². The third-order valence-corrected chi connectivity index (χ3v) is 5.63. The molecule has 0 bridgehead atoms. The Morgan fingerprint density at radius 1 is 0.912 bits per heavy atom. The molecule has 1 saturated heterocycles. The number of phenolic OH excluding ortho intramolecular Hbond substituents is 1. The van der Waals surface area contributed by atoms with Gasteiger partial charge in [0.1, 0.15) is 35.0 Å². The fourth-order valence-electron chi connectivity index (χ4n) is 3.76. The Bertz CT molecular complexity index is 1250. The summed E-state index contributed by atoms with van der Waals surface area (Å²) in [7, 11) is 2.64. The van der Waals surface area contributed by atoms with Crippen LogP contribution < -0.4 is 19.6 Å². The summed E-state index contributed by atoms with van der Waals surface area (Å²) in [4.78, 5) is 13.3. The van der Waals surface area contributed by atoms with Crippen LogP contribution in [0, 0.1) is 0 Å². The van der Waals surface area contributed by atoms with Crippen LogP contribution >= 0.6 is 0 Å². The first kappa shape index (κ1) is 23.6. The van der Waals surface area contributed by atoms with Crippen LogP contribution in [-0.2, 0) is 4.74 Å². The molecule has 2 heterocycles. The molecule has 5 atom stereocenters. The third kappa shape index (κ3) is 3.88. The van der Waals surface area contributed by atoms with Crippen LogP contribution in [0.1, 0.15) is 6.92 Å². The van der Waals surface area contributed by atoms with Crippen LogP contribution in [0.4, 0.5) is 0 Å². The van der Waals surface area contributed by atoms with E-state index in [1.165, 1.54) is 51.5 Å². The monoisotopic (exact) mass is 476 g/mol. The van der Waals surface area contributed by atoms with Crippen molar-refractivity contribution in [3.05, 3.63) is 40.6 Å². The zero-order chi connectivity index (χ0) is 24.7. The lowest BCUT2D eigenvalue weighted by molar-refractivity contribution is -0.268. The van der Waals surface area contributed by atoms with E-state index in [0.29, 0.717) is 5.56 Å². The summed E-state index contributed by atoms with van der Waals surface area (Å²) in [6, 6.07) is 7.01. The molecule has 11 heteroatoms. The normalized spacial score (nSPS) is 24.7. The number of methoxy groups -OCH3 is 2. The van der Waals surface area contributed by atoms with Crippen molar-refractivity contribution in [1.82, 2.24) is 0 Å². The Hall–Kier alpha value is -3.51. The summed E-state index contributed by atoms with van der Waals surface area (Å²) in [5, 5.41) is 50.4. The van der Waals surface area contributed by atoms with E-state index in [-0.39, 0.29) is 39.7 Å². The molecule has 1 aliphatic rings. The van der Waals surface area contributed by atoms with Gasteiger partial charge < -0.3 is 48.9 Å². The molecule has 2 aromatic carbocycles. The van der Waals surface area contributed by atoms with Gasteiger partial charge in [-0.2, -0.15) is 0 Å². The van der Waals surface area contributed by atoms with E-state index in [2.05, 4.69) is 0 Å². The SMILES string of the molecule is COc1cc2oc(-c3ccc(O)cc3)c(O)c(=O)c2c(OC2OC(C)C(O)C(O)C2O)c1OC. The molecule has 1 aromatic heterocycles. The Balaban J connectivity index is 1.92. The van der Waals surface area contributed by atoms with Gasteiger partial charge in [0, 0.05) is 11.6 Å². The topological polar surface area (TPSA) is 168 Å². The van der Waals surface area contributed by atoms with Gasteiger partial charge in [0.2, 0.25) is 23.2 Å². The first-order valence-corrected chi connectivity index (χ1v) is 10.3.